The molecule has 0 atom stereocenters. The largest absolute Gasteiger partial charge is 0.478 e. The Morgan fingerprint density at radius 3 is 2.85 bits per heavy atom. The van der Waals surface area contributed by atoms with Crippen molar-refractivity contribution in [2.75, 3.05) is 23.4 Å². The summed E-state index contributed by atoms with van der Waals surface area (Å²) < 4.78 is 13.4. The highest BCUT2D eigenvalue weighted by molar-refractivity contribution is 7.99. The van der Waals surface area contributed by atoms with Crippen molar-refractivity contribution < 1.29 is 19.1 Å². The van der Waals surface area contributed by atoms with Gasteiger partial charge in [-0.05, 0) is 12.1 Å². The number of hydrogen-bond donors (Lipinski definition) is 3. The van der Waals surface area contributed by atoms with Crippen LogP contribution in [0.2, 0.25) is 0 Å². The van der Waals surface area contributed by atoms with Crippen LogP contribution >= 0.6 is 11.8 Å². The number of carbonyl (C=O) groups is 2. The summed E-state index contributed by atoms with van der Waals surface area (Å²) in [6, 6.07) is 3.06. The molecule has 2 amide bonds. The normalized spacial score (nSPS) is 9.60. The fourth-order valence-electron chi connectivity index (χ4n) is 1.38. The zero-order chi connectivity index (χ0) is 15.0. The third-order valence-electron chi connectivity index (χ3n) is 2.19. The van der Waals surface area contributed by atoms with E-state index in [4.69, 9.17) is 11.5 Å². The summed E-state index contributed by atoms with van der Waals surface area (Å²) in [5.41, 5.74) is -0.657. The molecule has 7 heteroatoms. The third-order valence-corrected chi connectivity index (χ3v) is 3.06. The number of rotatable bonds is 6. The summed E-state index contributed by atoms with van der Waals surface area (Å²) in [6.45, 7) is 0.371. The maximum atomic E-state index is 13.4. The van der Waals surface area contributed by atoms with Gasteiger partial charge < -0.3 is 15.7 Å². The van der Waals surface area contributed by atoms with Crippen molar-refractivity contribution >= 4 is 29.4 Å². The van der Waals surface area contributed by atoms with Crippen LogP contribution in [0, 0.1) is 18.2 Å². The minimum absolute atomic E-state index is 0.0914. The molecule has 0 saturated carbocycles. The van der Waals surface area contributed by atoms with E-state index < -0.39 is 23.4 Å². The molecule has 0 aromatic heterocycles. The number of urea groups is 1. The van der Waals surface area contributed by atoms with Crippen molar-refractivity contribution in [2.24, 2.45) is 0 Å². The van der Waals surface area contributed by atoms with Gasteiger partial charge in [-0.25, -0.2) is 14.0 Å². The topological polar surface area (TPSA) is 78.4 Å². The summed E-state index contributed by atoms with van der Waals surface area (Å²) in [5.74, 6) is 1.29. The van der Waals surface area contributed by atoms with Crippen LogP contribution in [-0.2, 0) is 0 Å². The molecule has 0 heterocycles. The molecule has 0 unspecified atom stereocenters. The fraction of sp³-hybridized carbons (Fsp3) is 0.231. The molecule has 5 nitrogen and oxygen atoms in total. The van der Waals surface area contributed by atoms with E-state index in [1.54, 1.807) is 0 Å². The van der Waals surface area contributed by atoms with Gasteiger partial charge in [-0.3, -0.25) is 0 Å². The number of nitrogens with one attached hydrogen (secondary N) is 2. The summed E-state index contributed by atoms with van der Waals surface area (Å²) in [5, 5.41) is 13.7. The molecule has 0 aliphatic rings. The van der Waals surface area contributed by atoms with Crippen LogP contribution in [0.15, 0.2) is 18.2 Å². The van der Waals surface area contributed by atoms with Gasteiger partial charge >= 0.3 is 12.0 Å². The van der Waals surface area contributed by atoms with Crippen molar-refractivity contribution in [3.63, 3.8) is 0 Å². The van der Waals surface area contributed by atoms with E-state index in [-0.39, 0.29) is 5.69 Å². The van der Waals surface area contributed by atoms with E-state index in [1.807, 2.05) is 0 Å². The van der Waals surface area contributed by atoms with Crippen molar-refractivity contribution in [2.45, 2.75) is 0 Å². The van der Waals surface area contributed by atoms with Gasteiger partial charge in [0.1, 0.15) is 11.4 Å². The fourth-order valence-corrected chi connectivity index (χ4v) is 1.89. The molecule has 20 heavy (non-hydrogen) atoms. The molecule has 1 rings (SSSR count). The molecule has 0 radical (unpaired) electrons. The highest BCUT2D eigenvalue weighted by Crippen LogP contribution is 2.18. The number of amides is 2. The number of thioether (sulfide) groups is 1. The number of aromatic carboxylic acids is 1. The van der Waals surface area contributed by atoms with E-state index in [1.165, 1.54) is 23.9 Å². The molecule has 0 fully saturated rings. The average Bonchev–Trinajstić information content (AvgIpc) is 2.38. The third kappa shape index (κ3) is 4.82. The van der Waals surface area contributed by atoms with Crippen molar-refractivity contribution in [1.82, 2.24) is 5.32 Å². The summed E-state index contributed by atoms with van der Waals surface area (Å²) >= 11 is 1.48. The Balaban J connectivity index is 2.56. The van der Waals surface area contributed by atoms with E-state index in [9.17, 15) is 14.0 Å². The van der Waals surface area contributed by atoms with Gasteiger partial charge in [0.05, 0.1) is 11.4 Å². The minimum Gasteiger partial charge on any atom is -0.478 e. The second-order valence-electron chi connectivity index (χ2n) is 3.61. The van der Waals surface area contributed by atoms with Gasteiger partial charge in [-0.15, -0.1) is 18.2 Å². The van der Waals surface area contributed by atoms with Crippen molar-refractivity contribution in [1.29, 1.82) is 0 Å². The first-order chi connectivity index (χ1) is 9.56. The van der Waals surface area contributed by atoms with Gasteiger partial charge in [0, 0.05) is 12.3 Å². The lowest BCUT2D eigenvalue weighted by atomic mass is 10.1. The van der Waals surface area contributed by atoms with Crippen LogP contribution in [0.4, 0.5) is 14.9 Å². The first kappa shape index (κ1) is 15.9. The molecule has 0 spiro atoms. The Hall–Kier alpha value is -2.20. The van der Waals surface area contributed by atoms with Crippen molar-refractivity contribution in [3.05, 3.63) is 29.6 Å². The zero-order valence-corrected chi connectivity index (χ0v) is 11.3. The number of anilines is 1. The lowest BCUT2D eigenvalue weighted by Gasteiger charge is -2.10. The van der Waals surface area contributed by atoms with Crippen LogP contribution in [-0.4, -0.2) is 35.2 Å². The Kier molecular flexibility index (Phi) is 6.40. The van der Waals surface area contributed by atoms with Gasteiger partial charge in [0.15, 0.2) is 0 Å². The first-order valence-electron chi connectivity index (χ1n) is 5.64. The lowest BCUT2D eigenvalue weighted by molar-refractivity contribution is 0.0693. The number of carboxylic acid groups (broad SMARTS) is 1. The predicted octanol–water partition coefficient (Wildman–Crippen LogP) is 2.01. The highest BCUT2D eigenvalue weighted by atomic mass is 32.2. The number of terminal acetylenes is 1. The number of benzene rings is 1. The zero-order valence-electron chi connectivity index (χ0n) is 10.5. The molecule has 1 aromatic rings. The van der Waals surface area contributed by atoms with Crippen LogP contribution in [0.5, 0.6) is 0 Å². The Bertz CT molecular complexity index is 543. The Morgan fingerprint density at radius 1 is 1.45 bits per heavy atom. The van der Waals surface area contributed by atoms with Crippen molar-refractivity contribution in [3.8, 4) is 12.3 Å². The predicted molar refractivity (Wildman–Crippen MR) is 76.5 cm³/mol. The Morgan fingerprint density at radius 2 is 2.20 bits per heavy atom. The van der Waals surface area contributed by atoms with Gasteiger partial charge in [-0.2, -0.15) is 0 Å². The number of halogens is 1. The second kappa shape index (κ2) is 8.07. The maximum absolute atomic E-state index is 13.4. The monoisotopic (exact) mass is 296 g/mol. The molecule has 0 saturated heterocycles. The molecule has 106 valence electrons. The summed E-state index contributed by atoms with van der Waals surface area (Å²) in [6.07, 6.45) is 5.07. The number of carboxylic acids is 1. The molecular formula is C13H13FN2O3S. The van der Waals surface area contributed by atoms with Gasteiger partial charge in [0.25, 0.3) is 0 Å². The van der Waals surface area contributed by atoms with E-state index in [0.29, 0.717) is 18.1 Å². The second-order valence-corrected chi connectivity index (χ2v) is 4.71. The van der Waals surface area contributed by atoms with Gasteiger partial charge in [-0.1, -0.05) is 12.0 Å². The van der Waals surface area contributed by atoms with E-state index >= 15 is 0 Å². The minimum atomic E-state index is -1.44. The average molecular weight is 296 g/mol. The lowest BCUT2D eigenvalue weighted by Crippen LogP contribution is -2.31. The standard InChI is InChI=1S/C13H13FN2O3S/c1-2-7-20-8-6-15-13(19)16-10-5-3-4-9(14)11(10)12(17)18/h1,3-5H,6-8H2,(H,17,18)(H2,15,16,19). The van der Waals surface area contributed by atoms with E-state index in [2.05, 4.69) is 16.6 Å². The Labute approximate surface area is 119 Å². The molecule has 1 aromatic carbocycles. The molecule has 0 aliphatic carbocycles. The van der Waals surface area contributed by atoms with Crippen LogP contribution in [0.3, 0.4) is 0 Å². The SMILES string of the molecule is C#CCSCCNC(=O)Nc1cccc(F)c1C(=O)O. The van der Waals surface area contributed by atoms with Gasteiger partial charge in [0.2, 0.25) is 0 Å². The molecule has 0 bridgehead atoms. The molecular weight excluding hydrogens is 283 g/mol. The number of carbonyl (C=O) groups excluding carboxylic acids is 1. The maximum Gasteiger partial charge on any atom is 0.340 e. The van der Waals surface area contributed by atoms with Crippen LogP contribution in [0.1, 0.15) is 10.4 Å². The van der Waals surface area contributed by atoms with Crippen LogP contribution in [0.25, 0.3) is 0 Å². The molecule has 3 N–H and O–H groups in total. The van der Waals surface area contributed by atoms with E-state index in [0.717, 1.165) is 6.07 Å². The first-order valence-corrected chi connectivity index (χ1v) is 6.79. The number of hydrogen-bond acceptors (Lipinski definition) is 3. The summed E-state index contributed by atoms with van der Waals surface area (Å²) in [4.78, 5) is 22.5. The molecule has 0 aliphatic heterocycles. The highest BCUT2D eigenvalue weighted by Gasteiger charge is 2.16. The summed E-state index contributed by atoms with van der Waals surface area (Å²) in [7, 11) is 0. The van der Waals surface area contributed by atoms with Crippen LogP contribution < -0.4 is 10.6 Å². The quantitative estimate of drug-likeness (QED) is 0.554. The smallest absolute Gasteiger partial charge is 0.340 e.